The summed E-state index contributed by atoms with van der Waals surface area (Å²) in [6.45, 7) is 3.83. The molecule has 3 aromatic heterocycles. The molecule has 0 amide bonds. The molecule has 0 radical (unpaired) electrons. The Bertz CT molecular complexity index is 874. The highest BCUT2D eigenvalue weighted by molar-refractivity contribution is 9.10. The Morgan fingerprint density at radius 3 is 2.86 bits per heavy atom. The summed E-state index contributed by atoms with van der Waals surface area (Å²) < 4.78 is 4.50. The standard InChI is InChI=1S/C13H11BrN4O2S/c1-7-11(14)8(2)18(16-7)12-9(3-4-10(19)20)17-5-6-21-13(17)15-12/h3-6H,1-2H3,(H,19,20). The van der Waals surface area contributed by atoms with Crippen LogP contribution in [0.25, 0.3) is 16.9 Å². The maximum Gasteiger partial charge on any atom is 0.328 e. The van der Waals surface area contributed by atoms with Crippen LogP contribution in [0.3, 0.4) is 0 Å². The number of hydrogen-bond donors (Lipinski definition) is 1. The van der Waals surface area contributed by atoms with E-state index in [0.717, 1.165) is 26.9 Å². The summed E-state index contributed by atoms with van der Waals surface area (Å²) in [4.78, 5) is 16.1. The lowest BCUT2D eigenvalue weighted by atomic mass is 10.3. The van der Waals surface area contributed by atoms with Crippen LogP contribution in [-0.2, 0) is 4.79 Å². The van der Waals surface area contributed by atoms with E-state index < -0.39 is 5.97 Å². The molecule has 0 bridgehead atoms. The fourth-order valence-electron chi connectivity index (χ4n) is 2.08. The topological polar surface area (TPSA) is 72.4 Å². The van der Waals surface area contributed by atoms with E-state index >= 15 is 0 Å². The van der Waals surface area contributed by atoms with Gasteiger partial charge in [-0.05, 0) is 35.9 Å². The van der Waals surface area contributed by atoms with Crippen LogP contribution in [0.4, 0.5) is 0 Å². The van der Waals surface area contributed by atoms with Gasteiger partial charge in [-0.25, -0.2) is 9.48 Å². The minimum absolute atomic E-state index is 0.616. The van der Waals surface area contributed by atoms with Crippen molar-refractivity contribution in [3.63, 3.8) is 0 Å². The van der Waals surface area contributed by atoms with Gasteiger partial charge in [0, 0.05) is 17.7 Å². The third-order valence-corrected chi connectivity index (χ3v) is 4.97. The van der Waals surface area contributed by atoms with E-state index in [4.69, 9.17) is 5.11 Å². The summed E-state index contributed by atoms with van der Waals surface area (Å²) in [6, 6.07) is 0. The first-order valence-electron chi connectivity index (χ1n) is 6.07. The number of halogens is 1. The largest absolute Gasteiger partial charge is 0.478 e. The average Bonchev–Trinajstić information content (AvgIpc) is 3.06. The lowest BCUT2D eigenvalue weighted by Gasteiger charge is -2.02. The molecule has 3 aromatic rings. The van der Waals surface area contributed by atoms with Gasteiger partial charge in [0.1, 0.15) is 0 Å². The Kier molecular flexibility index (Phi) is 3.42. The Morgan fingerprint density at radius 2 is 2.24 bits per heavy atom. The molecule has 0 saturated heterocycles. The van der Waals surface area contributed by atoms with E-state index in [2.05, 4.69) is 26.0 Å². The Morgan fingerprint density at radius 1 is 1.48 bits per heavy atom. The molecule has 0 aliphatic rings. The number of imidazole rings is 1. The Labute approximate surface area is 132 Å². The molecule has 108 valence electrons. The molecular weight excluding hydrogens is 356 g/mol. The third kappa shape index (κ3) is 2.30. The van der Waals surface area contributed by atoms with Gasteiger partial charge in [-0.15, -0.1) is 11.3 Å². The summed E-state index contributed by atoms with van der Waals surface area (Å²) in [5, 5.41) is 15.2. The van der Waals surface area contributed by atoms with Crippen LogP contribution in [0.5, 0.6) is 0 Å². The smallest absolute Gasteiger partial charge is 0.328 e. The summed E-state index contributed by atoms with van der Waals surface area (Å²) >= 11 is 4.98. The number of aryl methyl sites for hydroxylation is 1. The molecule has 8 heteroatoms. The molecule has 0 aromatic carbocycles. The molecule has 0 unspecified atom stereocenters. The first-order chi connectivity index (χ1) is 9.99. The maximum absolute atomic E-state index is 10.8. The van der Waals surface area contributed by atoms with Crippen molar-refractivity contribution in [1.29, 1.82) is 0 Å². The van der Waals surface area contributed by atoms with Crippen LogP contribution in [0.2, 0.25) is 0 Å². The van der Waals surface area contributed by atoms with Gasteiger partial charge in [0.15, 0.2) is 10.8 Å². The fourth-order valence-corrected chi connectivity index (χ4v) is 3.05. The second-order valence-corrected chi connectivity index (χ2v) is 6.11. The molecule has 0 aliphatic carbocycles. The van der Waals surface area contributed by atoms with E-state index in [1.54, 1.807) is 4.68 Å². The van der Waals surface area contributed by atoms with Crippen molar-refractivity contribution in [3.8, 4) is 5.82 Å². The van der Waals surface area contributed by atoms with Crippen LogP contribution < -0.4 is 0 Å². The van der Waals surface area contributed by atoms with Crippen molar-refractivity contribution in [2.45, 2.75) is 13.8 Å². The summed E-state index contributed by atoms with van der Waals surface area (Å²) in [5.74, 6) is -0.383. The van der Waals surface area contributed by atoms with E-state index in [0.29, 0.717) is 11.5 Å². The van der Waals surface area contributed by atoms with Gasteiger partial charge in [0.2, 0.25) is 0 Å². The zero-order chi connectivity index (χ0) is 15.1. The predicted molar refractivity (Wildman–Crippen MR) is 84.0 cm³/mol. The van der Waals surface area contributed by atoms with Crippen molar-refractivity contribution in [3.05, 3.63) is 39.2 Å². The molecule has 0 spiro atoms. The molecule has 0 atom stereocenters. The van der Waals surface area contributed by atoms with Crippen LogP contribution in [0.15, 0.2) is 22.1 Å². The zero-order valence-corrected chi connectivity index (χ0v) is 13.6. The minimum atomic E-state index is -0.999. The number of nitrogens with zero attached hydrogens (tertiary/aromatic N) is 4. The second-order valence-electron chi connectivity index (χ2n) is 4.44. The van der Waals surface area contributed by atoms with E-state index in [1.807, 2.05) is 29.8 Å². The first kappa shape index (κ1) is 14.0. The first-order valence-corrected chi connectivity index (χ1v) is 7.75. The van der Waals surface area contributed by atoms with Gasteiger partial charge in [-0.3, -0.25) is 4.40 Å². The molecule has 1 N–H and O–H groups in total. The van der Waals surface area contributed by atoms with Gasteiger partial charge >= 0.3 is 5.97 Å². The summed E-state index contributed by atoms with van der Waals surface area (Å²) in [6.07, 6.45) is 4.50. The number of carboxylic acids is 1. The van der Waals surface area contributed by atoms with Gasteiger partial charge in [-0.2, -0.15) is 10.1 Å². The molecule has 0 aliphatic heterocycles. The fraction of sp³-hybridized carbons (Fsp3) is 0.154. The maximum atomic E-state index is 10.8. The lowest BCUT2D eigenvalue weighted by molar-refractivity contribution is -0.131. The van der Waals surface area contributed by atoms with Crippen molar-refractivity contribution >= 4 is 44.3 Å². The second kappa shape index (κ2) is 5.12. The number of carbonyl (C=O) groups is 1. The number of carboxylic acid groups (broad SMARTS) is 1. The summed E-state index contributed by atoms with van der Waals surface area (Å²) in [7, 11) is 0. The molecule has 6 nitrogen and oxygen atoms in total. The van der Waals surface area contributed by atoms with Crippen LogP contribution in [-0.4, -0.2) is 30.2 Å². The van der Waals surface area contributed by atoms with Crippen LogP contribution in [0, 0.1) is 13.8 Å². The molecule has 3 heterocycles. The normalized spacial score (nSPS) is 11.8. The van der Waals surface area contributed by atoms with Gasteiger partial charge in [0.25, 0.3) is 0 Å². The van der Waals surface area contributed by atoms with Gasteiger partial charge in [0.05, 0.1) is 21.6 Å². The van der Waals surface area contributed by atoms with E-state index in [9.17, 15) is 4.79 Å². The minimum Gasteiger partial charge on any atom is -0.478 e. The number of fused-ring (bicyclic) bond motifs is 1. The molecular formula is C13H11BrN4O2S. The number of hydrogen-bond acceptors (Lipinski definition) is 4. The molecule has 0 fully saturated rings. The SMILES string of the molecule is Cc1nn(-c2nc3sccn3c2C=CC(=O)O)c(C)c1Br. The number of thiazole rings is 1. The van der Waals surface area contributed by atoms with Crippen molar-refractivity contribution < 1.29 is 9.90 Å². The number of aliphatic carboxylic acids is 1. The van der Waals surface area contributed by atoms with Crippen LogP contribution >= 0.6 is 27.3 Å². The molecule has 3 rings (SSSR count). The monoisotopic (exact) mass is 366 g/mol. The molecule has 0 saturated carbocycles. The van der Waals surface area contributed by atoms with Crippen molar-refractivity contribution in [2.75, 3.05) is 0 Å². The average molecular weight is 367 g/mol. The quantitative estimate of drug-likeness (QED) is 0.723. The zero-order valence-electron chi connectivity index (χ0n) is 11.2. The predicted octanol–water partition coefficient (Wildman–Crippen LogP) is 3.06. The summed E-state index contributed by atoms with van der Waals surface area (Å²) in [5.41, 5.74) is 2.46. The van der Waals surface area contributed by atoms with Crippen molar-refractivity contribution in [1.82, 2.24) is 19.2 Å². The van der Waals surface area contributed by atoms with Gasteiger partial charge < -0.3 is 5.11 Å². The highest BCUT2D eigenvalue weighted by atomic mass is 79.9. The van der Waals surface area contributed by atoms with Gasteiger partial charge in [-0.1, -0.05) is 0 Å². The number of rotatable bonds is 3. The Hall–Kier alpha value is -1.93. The van der Waals surface area contributed by atoms with Crippen LogP contribution in [0.1, 0.15) is 17.1 Å². The highest BCUT2D eigenvalue weighted by Gasteiger charge is 2.18. The van der Waals surface area contributed by atoms with E-state index in [-0.39, 0.29) is 0 Å². The number of aromatic nitrogens is 4. The Balaban J connectivity index is 2.26. The molecule has 21 heavy (non-hydrogen) atoms. The van der Waals surface area contributed by atoms with Crippen molar-refractivity contribution in [2.24, 2.45) is 0 Å². The lowest BCUT2D eigenvalue weighted by Crippen LogP contribution is -2.02. The highest BCUT2D eigenvalue weighted by Crippen LogP contribution is 2.27. The third-order valence-electron chi connectivity index (χ3n) is 3.07. The van der Waals surface area contributed by atoms with E-state index in [1.165, 1.54) is 17.4 Å².